The normalized spacial score (nSPS) is 18.4. The van der Waals surface area contributed by atoms with Crippen molar-refractivity contribution in [3.63, 3.8) is 0 Å². The Morgan fingerprint density at radius 3 is 2.91 bits per heavy atom. The molecule has 2 aliphatic rings. The van der Waals surface area contributed by atoms with Crippen LogP contribution in [-0.4, -0.2) is 49.9 Å². The van der Waals surface area contributed by atoms with Gasteiger partial charge >= 0.3 is 0 Å². The zero-order valence-electron chi connectivity index (χ0n) is 12.6. The fraction of sp³-hybridized carbons (Fsp3) is 0.500. The minimum Gasteiger partial charge on any atom is -0.486 e. The number of hydrazone groups is 1. The standard InChI is InChI=1S/C16H21N3O3/c20-15(12-19-7-2-1-3-8-19)18-17-11-13-5-4-6-14-16(13)22-10-9-21-14/h4-6,11H,1-3,7-10,12H2,(H,18,20)/b17-11-. The number of hydrogen-bond acceptors (Lipinski definition) is 5. The number of carbonyl (C=O) groups excluding carboxylic acids is 1. The third-order valence-corrected chi connectivity index (χ3v) is 3.81. The van der Waals surface area contributed by atoms with E-state index in [0.717, 1.165) is 24.4 Å². The summed E-state index contributed by atoms with van der Waals surface area (Å²) in [7, 11) is 0. The second kappa shape index (κ2) is 7.26. The van der Waals surface area contributed by atoms with Gasteiger partial charge in [-0.3, -0.25) is 9.69 Å². The van der Waals surface area contributed by atoms with Crippen molar-refractivity contribution in [3.05, 3.63) is 23.8 Å². The summed E-state index contributed by atoms with van der Waals surface area (Å²) < 4.78 is 11.1. The van der Waals surface area contributed by atoms with Gasteiger partial charge in [-0.2, -0.15) is 5.10 Å². The predicted octanol–water partition coefficient (Wildman–Crippen LogP) is 1.39. The first kappa shape index (κ1) is 14.8. The van der Waals surface area contributed by atoms with Gasteiger partial charge in [-0.05, 0) is 38.1 Å². The van der Waals surface area contributed by atoms with E-state index in [9.17, 15) is 4.79 Å². The molecule has 1 amide bonds. The first-order valence-corrected chi connectivity index (χ1v) is 7.76. The number of benzene rings is 1. The van der Waals surface area contributed by atoms with Crippen LogP contribution < -0.4 is 14.9 Å². The second-order valence-electron chi connectivity index (χ2n) is 5.50. The molecular weight excluding hydrogens is 282 g/mol. The summed E-state index contributed by atoms with van der Waals surface area (Å²) in [5.41, 5.74) is 3.38. The highest BCUT2D eigenvalue weighted by molar-refractivity contribution is 5.86. The van der Waals surface area contributed by atoms with E-state index in [1.54, 1.807) is 6.21 Å². The van der Waals surface area contributed by atoms with Crippen LogP contribution in [0.1, 0.15) is 24.8 Å². The molecule has 1 fully saturated rings. The van der Waals surface area contributed by atoms with E-state index >= 15 is 0 Å². The lowest BCUT2D eigenvalue weighted by Crippen LogP contribution is -2.38. The molecule has 1 saturated heterocycles. The highest BCUT2D eigenvalue weighted by Gasteiger charge is 2.15. The maximum atomic E-state index is 11.9. The van der Waals surface area contributed by atoms with Crippen molar-refractivity contribution < 1.29 is 14.3 Å². The molecule has 0 saturated carbocycles. The molecular formula is C16H21N3O3. The first-order valence-electron chi connectivity index (χ1n) is 7.76. The predicted molar refractivity (Wildman–Crippen MR) is 83.5 cm³/mol. The van der Waals surface area contributed by atoms with Gasteiger partial charge in [-0.25, -0.2) is 5.43 Å². The minimum atomic E-state index is -0.0832. The van der Waals surface area contributed by atoms with E-state index in [0.29, 0.717) is 25.5 Å². The Balaban J connectivity index is 1.54. The Bertz CT molecular complexity index is 554. The van der Waals surface area contributed by atoms with Gasteiger partial charge in [-0.15, -0.1) is 0 Å². The molecule has 6 heteroatoms. The average Bonchev–Trinajstić information content (AvgIpc) is 2.56. The van der Waals surface area contributed by atoms with Gasteiger partial charge in [0.25, 0.3) is 5.91 Å². The molecule has 22 heavy (non-hydrogen) atoms. The van der Waals surface area contributed by atoms with E-state index in [1.165, 1.54) is 19.3 Å². The average molecular weight is 303 g/mol. The van der Waals surface area contributed by atoms with Gasteiger partial charge in [-0.1, -0.05) is 12.5 Å². The highest BCUT2D eigenvalue weighted by atomic mass is 16.6. The third kappa shape index (κ3) is 3.76. The minimum absolute atomic E-state index is 0.0832. The van der Waals surface area contributed by atoms with Crippen molar-refractivity contribution in [3.8, 4) is 11.5 Å². The monoisotopic (exact) mass is 303 g/mol. The SMILES string of the molecule is O=C(CN1CCCCC1)N/N=C\c1cccc2c1OCCO2. The Labute approximate surface area is 130 Å². The highest BCUT2D eigenvalue weighted by Crippen LogP contribution is 2.32. The van der Waals surface area contributed by atoms with Crippen molar-refractivity contribution in [2.24, 2.45) is 5.10 Å². The summed E-state index contributed by atoms with van der Waals surface area (Å²) in [6.07, 6.45) is 5.20. The number of carbonyl (C=O) groups is 1. The van der Waals surface area contributed by atoms with Crippen LogP contribution >= 0.6 is 0 Å². The van der Waals surface area contributed by atoms with Gasteiger partial charge < -0.3 is 9.47 Å². The Kier molecular flexibility index (Phi) is 4.90. The molecule has 2 aliphatic heterocycles. The summed E-state index contributed by atoms with van der Waals surface area (Å²) in [5.74, 6) is 1.32. The molecule has 0 bridgehead atoms. The number of nitrogens with one attached hydrogen (secondary N) is 1. The third-order valence-electron chi connectivity index (χ3n) is 3.81. The molecule has 0 atom stereocenters. The number of amides is 1. The van der Waals surface area contributed by atoms with Gasteiger partial charge in [0.1, 0.15) is 13.2 Å². The van der Waals surface area contributed by atoms with Crippen molar-refractivity contribution in [2.75, 3.05) is 32.8 Å². The molecule has 1 aromatic rings. The number of piperidine rings is 1. The summed E-state index contributed by atoms with van der Waals surface area (Å²) in [5, 5.41) is 4.03. The fourth-order valence-corrected chi connectivity index (χ4v) is 2.73. The van der Waals surface area contributed by atoms with Gasteiger partial charge in [0.15, 0.2) is 11.5 Å². The van der Waals surface area contributed by atoms with Crippen molar-refractivity contribution in [2.45, 2.75) is 19.3 Å². The van der Waals surface area contributed by atoms with Crippen LogP contribution in [-0.2, 0) is 4.79 Å². The molecule has 6 nitrogen and oxygen atoms in total. The van der Waals surface area contributed by atoms with Gasteiger partial charge in [0.05, 0.1) is 12.8 Å². The lowest BCUT2D eigenvalue weighted by atomic mass is 10.1. The van der Waals surface area contributed by atoms with Crippen LogP contribution in [0.4, 0.5) is 0 Å². The molecule has 118 valence electrons. The molecule has 0 spiro atoms. The van der Waals surface area contributed by atoms with Crippen molar-refractivity contribution >= 4 is 12.1 Å². The van der Waals surface area contributed by atoms with Crippen LogP contribution in [0.2, 0.25) is 0 Å². The summed E-state index contributed by atoms with van der Waals surface area (Å²) in [4.78, 5) is 14.0. The topological polar surface area (TPSA) is 63.2 Å². The lowest BCUT2D eigenvalue weighted by molar-refractivity contribution is -0.122. The maximum absolute atomic E-state index is 11.9. The van der Waals surface area contributed by atoms with Crippen LogP contribution in [0.5, 0.6) is 11.5 Å². The van der Waals surface area contributed by atoms with Crippen molar-refractivity contribution in [1.82, 2.24) is 10.3 Å². The molecule has 0 unspecified atom stereocenters. The smallest absolute Gasteiger partial charge is 0.254 e. The quantitative estimate of drug-likeness (QED) is 0.674. The molecule has 2 heterocycles. The largest absolute Gasteiger partial charge is 0.486 e. The molecule has 1 N–H and O–H groups in total. The van der Waals surface area contributed by atoms with E-state index < -0.39 is 0 Å². The number of likely N-dealkylation sites (tertiary alicyclic amines) is 1. The van der Waals surface area contributed by atoms with Gasteiger partial charge in [0.2, 0.25) is 0 Å². The number of ether oxygens (including phenoxy) is 2. The zero-order chi connectivity index (χ0) is 15.2. The van der Waals surface area contributed by atoms with Crippen LogP contribution in [0.15, 0.2) is 23.3 Å². The van der Waals surface area contributed by atoms with E-state index in [4.69, 9.17) is 9.47 Å². The first-order chi connectivity index (χ1) is 10.8. The molecule has 0 radical (unpaired) electrons. The summed E-state index contributed by atoms with van der Waals surface area (Å²) in [6, 6.07) is 5.62. The lowest BCUT2D eigenvalue weighted by Gasteiger charge is -2.25. The Hall–Kier alpha value is -2.08. The van der Waals surface area contributed by atoms with Crippen LogP contribution in [0.25, 0.3) is 0 Å². The Morgan fingerprint density at radius 2 is 2.05 bits per heavy atom. The van der Waals surface area contributed by atoms with Crippen LogP contribution in [0, 0.1) is 0 Å². The Morgan fingerprint density at radius 1 is 1.23 bits per heavy atom. The molecule has 3 rings (SSSR count). The number of fused-ring (bicyclic) bond motifs is 1. The molecule has 1 aromatic carbocycles. The van der Waals surface area contributed by atoms with E-state index in [1.807, 2.05) is 18.2 Å². The zero-order valence-corrected chi connectivity index (χ0v) is 12.6. The fourth-order valence-electron chi connectivity index (χ4n) is 2.73. The van der Waals surface area contributed by atoms with E-state index in [2.05, 4.69) is 15.4 Å². The van der Waals surface area contributed by atoms with Gasteiger partial charge in [0, 0.05) is 5.56 Å². The summed E-state index contributed by atoms with van der Waals surface area (Å²) >= 11 is 0. The molecule has 0 aromatic heterocycles. The maximum Gasteiger partial charge on any atom is 0.254 e. The summed E-state index contributed by atoms with van der Waals surface area (Å²) in [6.45, 7) is 3.48. The number of hydrogen-bond donors (Lipinski definition) is 1. The number of rotatable bonds is 4. The van der Waals surface area contributed by atoms with E-state index in [-0.39, 0.29) is 5.91 Å². The van der Waals surface area contributed by atoms with Crippen LogP contribution in [0.3, 0.4) is 0 Å². The number of nitrogens with zero attached hydrogens (tertiary/aromatic N) is 2. The number of para-hydroxylation sites is 1. The van der Waals surface area contributed by atoms with Crippen molar-refractivity contribution in [1.29, 1.82) is 0 Å². The second-order valence-corrected chi connectivity index (χ2v) is 5.50. The molecule has 0 aliphatic carbocycles.